The normalized spacial score (nSPS) is 11.7. The average molecular weight is 254 g/mol. The van der Waals surface area contributed by atoms with Crippen LogP contribution in [0.1, 0.15) is 30.9 Å². The van der Waals surface area contributed by atoms with Crippen LogP contribution in [0.25, 0.3) is 0 Å². The zero-order valence-corrected chi connectivity index (χ0v) is 12.2. The second-order valence-corrected chi connectivity index (χ2v) is 4.91. The van der Waals surface area contributed by atoms with Crippen LogP contribution in [-0.2, 0) is 17.8 Å². The molecule has 0 aliphatic carbocycles. The van der Waals surface area contributed by atoms with Crippen molar-refractivity contribution in [1.82, 2.24) is 10.2 Å². The Labute approximate surface area is 110 Å². The molecule has 0 radical (unpaired) electrons. The molecule has 1 N–H and O–H groups in total. The number of aryl methyl sites for hydroxylation is 1. The number of ether oxygens (including phenoxy) is 1. The van der Waals surface area contributed by atoms with E-state index in [1.54, 1.807) is 7.11 Å². The van der Waals surface area contributed by atoms with Crippen molar-refractivity contribution >= 4 is 0 Å². The van der Waals surface area contributed by atoms with Crippen molar-refractivity contribution in [3.05, 3.63) is 23.2 Å². The molecule has 0 unspecified atom stereocenters. The maximum atomic E-state index is 5.87. The number of rotatable bonds is 8. The van der Waals surface area contributed by atoms with Gasteiger partial charge in [-0.1, -0.05) is 0 Å². The molecular weight excluding hydrogens is 228 g/mol. The second kappa shape index (κ2) is 7.56. The summed E-state index contributed by atoms with van der Waals surface area (Å²) < 4.78 is 11.0. The molecule has 0 saturated carbocycles. The highest BCUT2D eigenvalue weighted by molar-refractivity contribution is 5.20. The lowest BCUT2D eigenvalue weighted by Crippen LogP contribution is -2.33. The summed E-state index contributed by atoms with van der Waals surface area (Å²) in [5, 5.41) is 3.12. The second-order valence-electron chi connectivity index (χ2n) is 4.91. The highest BCUT2D eigenvalue weighted by Gasteiger charge is 2.14. The number of hydrogen-bond acceptors (Lipinski definition) is 4. The SMILES string of the molecule is CNCc1oc(CN(CCOC)C(C)C)cc1C. The van der Waals surface area contributed by atoms with E-state index in [2.05, 4.69) is 37.1 Å². The molecule has 0 fully saturated rings. The van der Waals surface area contributed by atoms with Gasteiger partial charge in [-0.3, -0.25) is 4.90 Å². The van der Waals surface area contributed by atoms with Crippen LogP contribution >= 0.6 is 0 Å². The highest BCUT2D eigenvalue weighted by Crippen LogP contribution is 2.17. The van der Waals surface area contributed by atoms with Crippen molar-refractivity contribution in [2.24, 2.45) is 0 Å². The summed E-state index contributed by atoms with van der Waals surface area (Å²) in [6, 6.07) is 2.62. The van der Waals surface area contributed by atoms with Gasteiger partial charge in [0.05, 0.1) is 19.7 Å². The van der Waals surface area contributed by atoms with Crippen molar-refractivity contribution in [2.45, 2.75) is 39.9 Å². The number of furan rings is 1. The van der Waals surface area contributed by atoms with E-state index in [0.29, 0.717) is 6.04 Å². The maximum Gasteiger partial charge on any atom is 0.120 e. The van der Waals surface area contributed by atoms with Crippen LogP contribution in [0.2, 0.25) is 0 Å². The van der Waals surface area contributed by atoms with Gasteiger partial charge in [-0.2, -0.15) is 0 Å². The summed E-state index contributed by atoms with van der Waals surface area (Å²) in [4.78, 5) is 2.35. The third kappa shape index (κ3) is 4.44. The molecule has 0 atom stereocenters. The van der Waals surface area contributed by atoms with Crippen LogP contribution in [0.15, 0.2) is 10.5 Å². The molecule has 0 saturated heterocycles. The van der Waals surface area contributed by atoms with Crippen LogP contribution in [0.3, 0.4) is 0 Å². The van der Waals surface area contributed by atoms with Crippen LogP contribution < -0.4 is 5.32 Å². The van der Waals surface area contributed by atoms with Crippen LogP contribution in [0.5, 0.6) is 0 Å². The molecule has 0 spiro atoms. The monoisotopic (exact) mass is 254 g/mol. The summed E-state index contributed by atoms with van der Waals surface area (Å²) in [5.74, 6) is 2.06. The average Bonchev–Trinajstić information content (AvgIpc) is 2.65. The molecule has 0 amide bonds. The van der Waals surface area contributed by atoms with Gasteiger partial charge in [0, 0.05) is 19.7 Å². The molecule has 0 bridgehead atoms. The van der Waals surface area contributed by atoms with E-state index in [-0.39, 0.29) is 0 Å². The first-order chi connectivity index (χ1) is 8.58. The Kier molecular flexibility index (Phi) is 6.39. The summed E-state index contributed by atoms with van der Waals surface area (Å²) in [6.45, 7) is 9.78. The minimum Gasteiger partial charge on any atom is -0.463 e. The third-order valence-electron chi connectivity index (χ3n) is 3.08. The van der Waals surface area contributed by atoms with Gasteiger partial charge in [0.1, 0.15) is 11.5 Å². The van der Waals surface area contributed by atoms with Gasteiger partial charge in [0.15, 0.2) is 0 Å². The summed E-state index contributed by atoms with van der Waals surface area (Å²) in [7, 11) is 3.67. The smallest absolute Gasteiger partial charge is 0.120 e. The van der Waals surface area contributed by atoms with Gasteiger partial charge in [0.25, 0.3) is 0 Å². The van der Waals surface area contributed by atoms with E-state index in [1.165, 1.54) is 5.56 Å². The minimum absolute atomic E-state index is 0.485. The van der Waals surface area contributed by atoms with Gasteiger partial charge >= 0.3 is 0 Å². The third-order valence-corrected chi connectivity index (χ3v) is 3.08. The molecule has 0 aromatic carbocycles. The summed E-state index contributed by atoms with van der Waals surface area (Å²) in [6.07, 6.45) is 0. The number of nitrogens with one attached hydrogen (secondary N) is 1. The molecule has 4 heteroatoms. The summed E-state index contributed by atoms with van der Waals surface area (Å²) >= 11 is 0. The Hall–Kier alpha value is -0.840. The molecule has 18 heavy (non-hydrogen) atoms. The fraction of sp³-hybridized carbons (Fsp3) is 0.714. The van der Waals surface area contributed by atoms with E-state index in [0.717, 1.165) is 37.8 Å². The largest absolute Gasteiger partial charge is 0.463 e. The lowest BCUT2D eigenvalue weighted by molar-refractivity contribution is 0.119. The molecule has 0 aliphatic rings. The highest BCUT2D eigenvalue weighted by atomic mass is 16.5. The van der Waals surface area contributed by atoms with Gasteiger partial charge in [0.2, 0.25) is 0 Å². The fourth-order valence-electron chi connectivity index (χ4n) is 1.93. The Morgan fingerprint density at radius 3 is 2.72 bits per heavy atom. The Morgan fingerprint density at radius 1 is 1.44 bits per heavy atom. The fourth-order valence-corrected chi connectivity index (χ4v) is 1.93. The molecule has 0 aliphatic heterocycles. The molecule has 1 heterocycles. The van der Waals surface area contributed by atoms with Crippen LogP contribution in [0, 0.1) is 6.92 Å². The minimum atomic E-state index is 0.485. The van der Waals surface area contributed by atoms with Crippen molar-refractivity contribution in [1.29, 1.82) is 0 Å². The first-order valence-electron chi connectivity index (χ1n) is 6.54. The summed E-state index contributed by atoms with van der Waals surface area (Å²) in [5.41, 5.74) is 1.22. The van der Waals surface area contributed by atoms with Crippen molar-refractivity contribution in [2.75, 3.05) is 27.3 Å². The topological polar surface area (TPSA) is 37.6 Å². The standard InChI is InChI=1S/C14H26N2O2/c1-11(2)16(6-7-17-5)10-13-8-12(3)14(18-13)9-15-4/h8,11,15H,6-7,9-10H2,1-5H3. The molecule has 1 aromatic heterocycles. The Balaban J connectivity index is 2.65. The first-order valence-corrected chi connectivity index (χ1v) is 6.54. The quantitative estimate of drug-likeness (QED) is 0.771. The molecule has 1 aromatic rings. The number of methoxy groups -OCH3 is 1. The Bertz CT molecular complexity index is 348. The van der Waals surface area contributed by atoms with E-state index in [1.807, 2.05) is 7.05 Å². The lowest BCUT2D eigenvalue weighted by atomic mass is 10.2. The van der Waals surface area contributed by atoms with Crippen molar-refractivity contribution < 1.29 is 9.15 Å². The van der Waals surface area contributed by atoms with E-state index < -0.39 is 0 Å². The number of hydrogen-bond donors (Lipinski definition) is 1. The van der Waals surface area contributed by atoms with E-state index in [4.69, 9.17) is 9.15 Å². The lowest BCUT2D eigenvalue weighted by Gasteiger charge is -2.24. The van der Waals surface area contributed by atoms with Gasteiger partial charge in [-0.05, 0) is 39.4 Å². The first kappa shape index (κ1) is 15.2. The molecule has 1 rings (SSSR count). The van der Waals surface area contributed by atoms with Crippen LogP contribution in [0.4, 0.5) is 0 Å². The van der Waals surface area contributed by atoms with Gasteiger partial charge in [-0.25, -0.2) is 0 Å². The zero-order valence-electron chi connectivity index (χ0n) is 12.2. The van der Waals surface area contributed by atoms with E-state index >= 15 is 0 Å². The molecule has 4 nitrogen and oxygen atoms in total. The van der Waals surface area contributed by atoms with Gasteiger partial charge in [-0.15, -0.1) is 0 Å². The van der Waals surface area contributed by atoms with Crippen LogP contribution in [-0.4, -0.2) is 38.3 Å². The number of nitrogens with zero attached hydrogens (tertiary/aromatic N) is 1. The van der Waals surface area contributed by atoms with Crippen molar-refractivity contribution in [3.63, 3.8) is 0 Å². The predicted molar refractivity (Wildman–Crippen MR) is 73.6 cm³/mol. The Morgan fingerprint density at radius 2 is 2.17 bits per heavy atom. The zero-order chi connectivity index (χ0) is 13.5. The van der Waals surface area contributed by atoms with Crippen molar-refractivity contribution in [3.8, 4) is 0 Å². The predicted octanol–water partition coefficient (Wildman–Crippen LogP) is 2.16. The van der Waals surface area contributed by atoms with Gasteiger partial charge < -0.3 is 14.5 Å². The molecule has 104 valence electrons. The van der Waals surface area contributed by atoms with E-state index in [9.17, 15) is 0 Å². The maximum absolute atomic E-state index is 5.87. The molecular formula is C14H26N2O2.